The van der Waals surface area contributed by atoms with E-state index >= 15 is 0 Å². The van der Waals surface area contributed by atoms with Crippen LogP contribution >= 0.6 is 0 Å². The van der Waals surface area contributed by atoms with Crippen molar-refractivity contribution in [3.8, 4) is 17.0 Å². The minimum atomic E-state index is -0.585. The predicted molar refractivity (Wildman–Crippen MR) is 62.4 cm³/mol. The third-order valence-electron chi connectivity index (χ3n) is 2.22. The van der Waals surface area contributed by atoms with Gasteiger partial charge in [-0.25, -0.2) is 0 Å². The molecule has 0 amide bonds. The average molecular weight is 231 g/mol. The average Bonchev–Trinajstić information content (AvgIpc) is 2.29. The highest BCUT2D eigenvalue weighted by atomic mass is 16.6. The van der Waals surface area contributed by atoms with Crippen LogP contribution in [0.15, 0.2) is 36.4 Å². The minimum absolute atomic E-state index is 0.0574. The van der Waals surface area contributed by atoms with Gasteiger partial charge in [0.25, 0.3) is 0 Å². The second kappa shape index (κ2) is 4.09. The second-order valence-electron chi connectivity index (χ2n) is 3.41. The maximum atomic E-state index is 10.6. The molecule has 6 nitrogen and oxygen atoms in total. The van der Waals surface area contributed by atoms with E-state index in [0.717, 1.165) is 0 Å². The smallest absolute Gasteiger partial charge is 0.364 e. The SMILES string of the molecule is Nc1ccc(-c2cccc([N+](=O)[O-])n2)c(O)c1. The van der Waals surface area contributed by atoms with E-state index in [1.54, 1.807) is 18.2 Å². The summed E-state index contributed by atoms with van der Waals surface area (Å²) in [7, 11) is 0. The lowest BCUT2D eigenvalue weighted by Gasteiger charge is -2.02. The maximum Gasteiger partial charge on any atom is 0.364 e. The number of nitro groups is 1. The van der Waals surface area contributed by atoms with Crippen molar-refractivity contribution >= 4 is 11.5 Å². The summed E-state index contributed by atoms with van der Waals surface area (Å²) in [5, 5.41) is 20.3. The first-order valence-corrected chi connectivity index (χ1v) is 4.78. The summed E-state index contributed by atoms with van der Waals surface area (Å²) in [6.45, 7) is 0. The van der Waals surface area contributed by atoms with E-state index in [1.165, 1.54) is 18.2 Å². The van der Waals surface area contributed by atoms with Crippen molar-refractivity contribution in [2.45, 2.75) is 0 Å². The molecule has 0 radical (unpaired) electrons. The topological polar surface area (TPSA) is 102 Å². The number of hydrogen-bond acceptors (Lipinski definition) is 5. The molecule has 17 heavy (non-hydrogen) atoms. The summed E-state index contributed by atoms with van der Waals surface area (Å²) in [6, 6.07) is 8.91. The van der Waals surface area contributed by atoms with E-state index in [2.05, 4.69) is 4.98 Å². The molecule has 0 spiro atoms. The van der Waals surface area contributed by atoms with Gasteiger partial charge in [-0.15, -0.1) is 0 Å². The first-order chi connectivity index (χ1) is 8.08. The highest BCUT2D eigenvalue weighted by Gasteiger charge is 2.14. The summed E-state index contributed by atoms with van der Waals surface area (Å²) in [5.41, 5.74) is 6.64. The van der Waals surface area contributed by atoms with Crippen LogP contribution in [0.5, 0.6) is 5.75 Å². The number of benzene rings is 1. The lowest BCUT2D eigenvalue weighted by Crippen LogP contribution is -1.93. The Morgan fingerprint density at radius 2 is 2.06 bits per heavy atom. The lowest BCUT2D eigenvalue weighted by atomic mass is 10.1. The molecule has 0 saturated carbocycles. The fourth-order valence-corrected chi connectivity index (χ4v) is 1.44. The van der Waals surface area contributed by atoms with Crippen LogP contribution in [0, 0.1) is 10.1 Å². The molecule has 1 aromatic carbocycles. The van der Waals surface area contributed by atoms with E-state index in [0.29, 0.717) is 16.9 Å². The quantitative estimate of drug-likeness (QED) is 0.467. The molecule has 1 aromatic heterocycles. The molecule has 2 rings (SSSR count). The number of rotatable bonds is 2. The van der Waals surface area contributed by atoms with Gasteiger partial charge in [-0.1, -0.05) is 0 Å². The number of aromatic nitrogens is 1. The van der Waals surface area contributed by atoms with Gasteiger partial charge in [0.05, 0.1) is 5.56 Å². The molecule has 3 N–H and O–H groups in total. The molecule has 2 aromatic rings. The molecule has 86 valence electrons. The first-order valence-electron chi connectivity index (χ1n) is 4.78. The van der Waals surface area contributed by atoms with E-state index in [-0.39, 0.29) is 11.6 Å². The Morgan fingerprint density at radius 3 is 2.71 bits per heavy atom. The maximum absolute atomic E-state index is 10.6. The van der Waals surface area contributed by atoms with Crippen LogP contribution < -0.4 is 5.73 Å². The Bertz CT molecular complexity index is 584. The number of anilines is 1. The van der Waals surface area contributed by atoms with E-state index in [1.807, 2.05) is 0 Å². The van der Waals surface area contributed by atoms with Crippen LogP contribution in [0.25, 0.3) is 11.3 Å². The number of aromatic hydroxyl groups is 1. The molecular weight excluding hydrogens is 222 g/mol. The standard InChI is InChI=1S/C11H9N3O3/c12-7-4-5-8(10(15)6-7)9-2-1-3-11(13-9)14(16)17/h1-6,15H,12H2. The Kier molecular flexibility index (Phi) is 2.61. The van der Waals surface area contributed by atoms with Gasteiger partial charge in [0, 0.05) is 17.8 Å². The van der Waals surface area contributed by atoms with Gasteiger partial charge in [0.15, 0.2) is 5.69 Å². The summed E-state index contributed by atoms with van der Waals surface area (Å²) < 4.78 is 0. The van der Waals surface area contributed by atoms with Gasteiger partial charge in [-0.3, -0.25) is 0 Å². The van der Waals surface area contributed by atoms with Crippen LogP contribution in [0.3, 0.4) is 0 Å². The lowest BCUT2D eigenvalue weighted by molar-refractivity contribution is -0.389. The highest BCUT2D eigenvalue weighted by Crippen LogP contribution is 2.30. The summed E-state index contributed by atoms with van der Waals surface area (Å²) in [6.07, 6.45) is 0. The monoisotopic (exact) mass is 231 g/mol. The van der Waals surface area contributed by atoms with Crippen molar-refractivity contribution in [2.75, 3.05) is 5.73 Å². The van der Waals surface area contributed by atoms with Crippen molar-refractivity contribution in [1.29, 1.82) is 0 Å². The number of nitrogens with two attached hydrogens (primary N) is 1. The molecule has 1 heterocycles. The van der Waals surface area contributed by atoms with Crippen LogP contribution in [0.1, 0.15) is 0 Å². The second-order valence-corrected chi connectivity index (χ2v) is 3.41. The minimum Gasteiger partial charge on any atom is -0.507 e. The van der Waals surface area contributed by atoms with Crippen LogP contribution in [0.4, 0.5) is 11.5 Å². The number of nitrogens with zero attached hydrogens (tertiary/aromatic N) is 2. The Balaban J connectivity index is 2.53. The van der Waals surface area contributed by atoms with Gasteiger partial charge in [0.1, 0.15) is 5.75 Å². The van der Waals surface area contributed by atoms with Crippen LogP contribution in [-0.2, 0) is 0 Å². The van der Waals surface area contributed by atoms with Gasteiger partial charge in [-0.05, 0) is 34.2 Å². The summed E-state index contributed by atoms with van der Waals surface area (Å²) >= 11 is 0. The number of pyridine rings is 1. The van der Waals surface area contributed by atoms with Gasteiger partial charge in [0.2, 0.25) is 0 Å². The highest BCUT2D eigenvalue weighted by molar-refractivity contribution is 5.70. The number of phenolic OH excluding ortho intramolecular Hbond substituents is 1. The van der Waals surface area contributed by atoms with Crippen molar-refractivity contribution < 1.29 is 10.0 Å². The normalized spacial score (nSPS) is 10.1. The van der Waals surface area contributed by atoms with E-state index in [9.17, 15) is 15.2 Å². The fourth-order valence-electron chi connectivity index (χ4n) is 1.44. The van der Waals surface area contributed by atoms with Crippen LogP contribution in [-0.4, -0.2) is 15.0 Å². The summed E-state index contributed by atoms with van der Waals surface area (Å²) in [4.78, 5) is 13.8. The van der Waals surface area contributed by atoms with E-state index < -0.39 is 4.92 Å². The molecular formula is C11H9N3O3. The zero-order valence-electron chi connectivity index (χ0n) is 8.70. The third kappa shape index (κ3) is 2.15. The Morgan fingerprint density at radius 1 is 1.29 bits per heavy atom. The summed E-state index contributed by atoms with van der Waals surface area (Å²) in [5.74, 6) is -0.322. The molecule has 0 aliphatic heterocycles. The Labute approximate surface area is 96.5 Å². The van der Waals surface area contributed by atoms with Crippen molar-refractivity contribution in [2.24, 2.45) is 0 Å². The molecule has 6 heteroatoms. The van der Waals surface area contributed by atoms with Crippen molar-refractivity contribution in [1.82, 2.24) is 4.98 Å². The Hall–Kier alpha value is -2.63. The molecule has 0 atom stereocenters. The molecule has 0 fully saturated rings. The molecule has 0 aliphatic rings. The largest absolute Gasteiger partial charge is 0.507 e. The molecule has 0 bridgehead atoms. The van der Waals surface area contributed by atoms with Crippen molar-refractivity contribution in [3.63, 3.8) is 0 Å². The predicted octanol–water partition coefficient (Wildman–Crippen LogP) is 1.94. The van der Waals surface area contributed by atoms with Gasteiger partial charge < -0.3 is 21.0 Å². The molecule has 0 saturated heterocycles. The van der Waals surface area contributed by atoms with E-state index in [4.69, 9.17) is 5.73 Å². The fraction of sp³-hybridized carbons (Fsp3) is 0. The number of phenols is 1. The van der Waals surface area contributed by atoms with Crippen LogP contribution in [0.2, 0.25) is 0 Å². The van der Waals surface area contributed by atoms with Gasteiger partial charge >= 0.3 is 5.82 Å². The third-order valence-corrected chi connectivity index (χ3v) is 2.22. The van der Waals surface area contributed by atoms with Gasteiger partial charge in [-0.2, -0.15) is 0 Å². The van der Waals surface area contributed by atoms with Crippen molar-refractivity contribution in [3.05, 3.63) is 46.5 Å². The number of hydrogen-bond donors (Lipinski definition) is 2. The first kappa shape index (κ1) is 10.9. The molecule has 0 aliphatic carbocycles. The number of nitrogen functional groups attached to an aromatic ring is 1. The zero-order valence-corrected chi connectivity index (χ0v) is 8.70. The zero-order chi connectivity index (χ0) is 12.4. The molecule has 0 unspecified atom stereocenters.